The number of ether oxygens (including phenoxy) is 1. The molecule has 1 aromatic carbocycles. The maximum atomic E-state index is 5.76. The third-order valence-electron chi connectivity index (χ3n) is 3.17. The lowest BCUT2D eigenvalue weighted by molar-refractivity contribution is 0.283. The molecule has 1 N–H and O–H groups in total. The Morgan fingerprint density at radius 3 is 2.75 bits per heavy atom. The molecule has 1 atom stereocenters. The van der Waals surface area contributed by atoms with Crippen molar-refractivity contribution >= 4 is 0 Å². The zero-order chi connectivity index (χ0) is 14.2. The molecule has 2 aromatic rings. The first kappa shape index (κ1) is 14.5. The van der Waals surface area contributed by atoms with E-state index in [-0.39, 0.29) is 6.04 Å². The minimum Gasteiger partial charge on any atom is -0.494 e. The lowest BCUT2D eigenvalue weighted by Gasteiger charge is -2.18. The SMILES string of the molecule is CCCNC(CCOc1ccccc1)c1cnnn1C. The minimum atomic E-state index is 0.221. The van der Waals surface area contributed by atoms with Crippen LogP contribution < -0.4 is 10.1 Å². The highest BCUT2D eigenvalue weighted by molar-refractivity contribution is 5.20. The van der Waals surface area contributed by atoms with Crippen LogP contribution in [0.25, 0.3) is 0 Å². The number of benzene rings is 1. The topological polar surface area (TPSA) is 52.0 Å². The maximum absolute atomic E-state index is 5.76. The molecule has 1 aromatic heterocycles. The average molecular weight is 274 g/mol. The summed E-state index contributed by atoms with van der Waals surface area (Å²) in [5.74, 6) is 0.907. The molecule has 0 fully saturated rings. The first-order valence-electron chi connectivity index (χ1n) is 7.07. The van der Waals surface area contributed by atoms with E-state index < -0.39 is 0 Å². The fourth-order valence-corrected chi connectivity index (χ4v) is 2.10. The van der Waals surface area contributed by atoms with Gasteiger partial charge in [0.15, 0.2) is 0 Å². The van der Waals surface area contributed by atoms with Crippen molar-refractivity contribution in [3.63, 3.8) is 0 Å². The van der Waals surface area contributed by atoms with Crippen molar-refractivity contribution in [3.8, 4) is 5.75 Å². The number of aryl methyl sites for hydroxylation is 1. The second kappa shape index (κ2) is 7.65. The summed E-state index contributed by atoms with van der Waals surface area (Å²) in [5.41, 5.74) is 1.09. The molecule has 0 radical (unpaired) electrons. The molecule has 0 amide bonds. The van der Waals surface area contributed by atoms with Gasteiger partial charge in [-0.2, -0.15) is 0 Å². The number of rotatable bonds is 8. The van der Waals surface area contributed by atoms with E-state index in [1.807, 2.05) is 48.3 Å². The number of nitrogens with one attached hydrogen (secondary N) is 1. The van der Waals surface area contributed by atoms with Gasteiger partial charge < -0.3 is 10.1 Å². The standard InChI is InChI=1S/C15H22N4O/c1-3-10-16-14(15-12-17-18-19(15)2)9-11-20-13-7-5-4-6-8-13/h4-8,12,14,16H,3,9-11H2,1-2H3. The first-order valence-corrected chi connectivity index (χ1v) is 7.07. The zero-order valence-corrected chi connectivity index (χ0v) is 12.1. The molecule has 0 aliphatic carbocycles. The fourth-order valence-electron chi connectivity index (χ4n) is 2.10. The Morgan fingerprint density at radius 2 is 2.10 bits per heavy atom. The summed E-state index contributed by atoms with van der Waals surface area (Å²) < 4.78 is 7.58. The quantitative estimate of drug-likeness (QED) is 0.802. The molecule has 0 spiro atoms. The number of aromatic nitrogens is 3. The van der Waals surface area contributed by atoms with E-state index in [0.717, 1.165) is 30.8 Å². The number of hydrogen-bond acceptors (Lipinski definition) is 4. The smallest absolute Gasteiger partial charge is 0.119 e. The molecule has 0 bridgehead atoms. The molecule has 1 unspecified atom stereocenters. The molecule has 108 valence electrons. The Kier molecular flexibility index (Phi) is 5.55. The summed E-state index contributed by atoms with van der Waals surface area (Å²) in [6.07, 6.45) is 3.80. The monoisotopic (exact) mass is 274 g/mol. The van der Waals surface area contributed by atoms with Gasteiger partial charge in [0, 0.05) is 13.5 Å². The molecular formula is C15H22N4O. The largest absolute Gasteiger partial charge is 0.494 e. The normalized spacial score (nSPS) is 12.3. The summed E-state index contributed by atoms with van der Waals surface area (Å²) in [6.45, 7) is 3.80. The van der Waals surface area contributed by atoms with Gasteiger partial charge in [0.25, 0.3) is 0 Å². The zero-order valence-electron chi connectivity index (χ0n) is 12.1. The van der Waals surface area contributed by atoms with Crippen molar-refractivity contribution < 1.29 is 4.74 Å². The van der Waals surface area contributed by atoms with Crippen LogP contribution in [0, 0.1) is 0 Å². The minimum absolute atomic E-state index is 0.221. The van der Waals surface area contributed by atoms with Gasteiger partial charge in [0.2, 0.25) is 0 Å². The Bertz CT molecular complexity index is 498. The summed E-state index contributed by atoms with van der Waals surface area (Å²) in [5, 5.41) is 11.5. The number of hydrogen-bond donors (Lipinski definition) is 1. The summed E-state index contributed by atoms with van der Waals surface area (Å²) in [7, 11) is 1.92. The molecule has 0 saturated heterocycles. The maximum Gasteiger partial charge on any atom is 0.119 e. The van der Waals surface area contributed by atoms with Crippen molar-refractivity contribution in [3.05, 3.63) is 42.2 Å². The van der Waals surface area contributed by atoms with Gasteiger partial charge in [-0.3, -0.25) is 4.68 Å². The number of para-hydroxylation sites is 1. The molecule has 1 heterocycles. The van der Waals surface area contributed by atoms with E-state index in [1.165, 1.54) is 0 Å². The van der Waals surface area contributed by atoms with Gasteiger partial charge in [-0.15, -0.1) is 5.10 Å². The molecule has 5 heteroatoms. The van der Waals surface area contributed by atoms with Crippen LogP contribution in [0.4, 0.5) is 0 Å². The Balaban J connectivity index is 1.89. The van der Waals surface area contributed by atoms with Gasteiger partial charge in [0.05, 0.1) is 24.5 Å². The average Bonchev–Trinajstić information content (AvgIpc) is 2.90. The van der Waals surface area contributed by atoms with E-state index in [9.17, 15) is 0 Å². The molecule has 20 heavy (non-hydrogen) atoms. The predicted molar refractivity (Wildman–Crippen MR) is 78.6 cm³/mol. The number of nitrogens with zero attached hydrogens (tertiary/aromatic N) is 3. The van der Waals surface area contributed by atoms with Crippen molar-refractivity contribution in [2.45, 2.75) is 25.8 Å². The van der Waals surface area contributed by atoms with E-state index in [1.54, 1.807) is 0 Å². The molecule has 0 aliphatic rings. The first-order chi connectivity index (χ1) is 9.81. The van der Waals surface area contributed by atoms with Crippen molar-refractivity contribution in [2.75, 3.05) is 13.2 Å². The Labute approximate surface area is 120 Å². The molecule has 0 aliphatic heterocycles. The van der Waals surface area contributed by atoms with Gasteiger partial charge in [-0.25, -0.2) is 0 Å². The van der Waals surface area contributed by atoms with Gasteiger partial charge in [-0.05, 0) is 25.1 Å². The molecule has 0 saturated carbocycles. The highest BCUT2D eigenvalue weighted by Gasteiger charge is 2.15. The van der Waals surface area contributed by atoms with Gasteiger partial charge >= 0.3 is 0 Å². The second-order valence-corrected chi connectivity index (χ2v) is 4.74. The van der Waals surface area contributed by atoms with Crippen LogP contribution in [0.15, 0.2) is 36.5 Å². The third kappa shape index (κ3) is 4.06. The Morgan fingerprint density at radius 1 is 1.30 bits per heavy atom. The van der Waals surface area contributed by atoms with Crippen molar-refractivity contribution in [1.82, 2.24) is 20.3 Å². The van der Waals surface area contributed by atoms with Crippen molar-refractivity contribution in [1.29, 1.82) is 0 Å². The van der Waals surface area contributed by atoms with E-state index in [4.69, 9.17) is 4.74 Å². The molecular weight excluding hydrogens is 252 g/mol. The molecule has 5 nitrogen and oxygen atoms in total. The second-order valence-electron chi connectivity index (χ2n) is 4.74. The van der Waals surface area contributed by atoms with Crippen LogP contribution in [0.3, 0.4) is 0 Å². The lowest BCUT2D eigenvalue weighted by Crippen LogP contribution is -2.26. The van der Waals surface area contributed by atoms with Crippen LogP contribution in [0.5, 0.6) is 5.75 Å². The third-order valence-corrected chi connectivity index (χ3v) is 3.17. The van der Waals surface area contributed by atoms with E-state index >= 15 is 0 Å². The van der Waals surface area contributed by atoms with Gasteiger partial charge in [0.1, 0.15) is 5.75 Å². The van der Waals surface area contributed by atoms with Crippen molar-refractivity contribution in [2.24, 2.45) is 7.05 Å². The van der Waals surface area contributed by atoms with E-state index in [2.05, 4.69) is 22.6 Å². The van der Waals surface area contributed by atoms with E-state index in [0.29, 0.717) is 6.61 Å². The van der Waals surface area contributed by atoms with Crippen LogP contribution in [0.1, 0.15) is 31.5 Å². The summed E-state index contributed by atoms with van der Waals surface area (Å²) in [6, 6.07) is 10.1. The van der Waals surface area contributed by atoms with Crippen LogP contribution >= 0.6 is 0 Å². The highest BCUT2D eigenvalue weighted by atomic mass is 16.5. The van der Waals surface area contributed by atoms with Crippen LogP contribution in [0.2, 0.25) is 0 Å². The lowest BCUT2D eigenvalue weighted by atomic mass is 10.1. The highest BCUT2D eigenvalue weighted by Crippen LogP contribution is 2.16. The van der Waals surface area contributed by atoms with Crippen LogP contribution in [-0.4, -0.2) is 28.1 Å². The fraction of sp³-hybridized carbons (Fsp3) is 0.467. The summed E-state index contributed by atoms with van der Waals surface area (Å²) >= 11 is 0. The van der Waals surface area contributed by atoms with Crippen LogP contribution in [-0.2, 0) is 7.05 Å². The molecule has 2 rings (SSSR count). The Hall–Kier alpha value is -1.88. The predicted octanol–water partition coefficient (Wildman–Crippen LogP) is 2.32. The summed E-state index contributed by atoms with van der Waals surface area (Å²) in [4.78, 5) is 0. The van der Waals surface area contributed by atoms with Gasteiger partial charge in [-0.1, -0.05) is 30.3 Å².